The lowest BCUT2D eigenvalue weighted by molar-refractivity contribution is 0.0701. The van der Waals surface area contributed by atoms with Crippen LogP contribution in [0.2, 0.25) is 0 Å². The van der Waals surface area contributed by atoms with Gasteiger partial charge in [-0.25, -0.2) is 0 Å². The highest BCUT2D eigenvalue weighted by atomic mass is 28.4. The molecule has 0 saturated heterocycles. The van der Waals surface area contributed by atoms with Crippen LogP contribution in [0.15, 0.2) is 0 Å². The van der Waals surface area contributed by atoms with Crippen LogP contribution in [0.25, 0.3) is 0 Å². The van der Waals surface area contributed by atoms with Crippen LogP contribution in [-0.4, -0.2) is 47.9 Å². The third-order valence-corrected chi connectivity index (χ3v) is 5.11. The van der Waals surface area contributed by atoms with Crippen LogP contribution >= 0.6 is 0 Å². The lowest BCUT2D eigenvalue weighted by Crippen LogP contribution is -2.54. The lowest BCUT2D eigenvalue weighted by atomic mass is 10.3. The lowest BCUT2D eigenvalue weighted by Gasteiger charge is -2.28. The second kappa shape index (κ2) is 11.1. The molecule has 104 valence electrons. The summed E-state index contributed by atoms with van der Waals surface area (Å²) in [6.45, 7) is 9.44. The van der Waals surface area contributed by atoms with Gasteiger partial charge in [-0.1, -0.05) is 0 Å². The molecule has 0 spiro atoms. The molecule has 0 aliphatic heterocycles. The molecule has 0 unspecified atom stereocenters. The molecule has 0 aromatic rings. The molecule has 5 nitrogen and oxygen atoms in total. The fourth-order valence-electron chi connectivity index (χ4n) is 1.57. The first-order valence-electron chi connectivity index (χ1n) is 6.57. The maximum atomic E-state index is 5.72. The molecule has 0 fully saturated rings. The van der Waals surface area contributed by atoms with Crippen molar-refractivity contribution in [3.05, 3.63) is 0 Å². The summed E-state index contributed by atoms with van der Waals surface area (Å²) < 4.78 is 17.2. The maximum Gasteiger partial charge on any atom is 0.515 e. The smallest absolute Gasteiger partial charge is 0.373 e. The molecule has 0 atom stereocenters. The number of unbranched alkanes of at least 4 members (excludes halogenated alkanes) is 1. The highest BCUT2D eigenvalue weighted by molar-refractivity contribution is 6.60. The minimum atomic E-state index is -2.50. The molecule has 0 heterocycles. The fourth-order valence-corrected chi connectivity index (χ4v) is 3.93. The highest BCUT2D eigenvalue weighted by Gasteiger charge is 2.39. The molecule has 0 aliphatic carbocycles. The van der Waals surface area contributed by atoms with E-state index in [1.807, 2.05) is 20.8 Å². The van der Waals surface area contributed by atoms with Gasteiger partial charge in [0.15, 0.2) is 0 Å². The molecule has 17 heavy (non-hydrogen) atoms. The Kier molecular flexibility index (Phi) is 11.1. The Bertz CT molecular complexity index is 156. The first-order chi connectivity index (χ1) is 8.24. The van der Waals surface area contributed by atoms with Crippen molar-refractivity contribution in [3.8, 4) is 0 Å². The van der Waals surface area contributed by atoms with Crippen LogP contribution in [0.4, 0.5) is 0 Å². The largest absolute Gasteiger partial charge is 0.515 e. The van der Waals surface area contributed by atoms with Crippen molar-refractivity contribution in [1.29, 1.82) is 0 Å². The summed E-state index contributed by atoms with van der Waals surface area (Å²) in [6.07, 6.45) is 2.79. The first kappa shape index (κ1) is 17.0. The number of nitrogens with one attached hydrogen (secondary N) is 1. The average Bonchev–Trinajstić information content (AvgIpc) is 2.30. The van der Waals surface area contributed by atoms with Gasteiger partial charge in [-0.05, 0) is 46.7 Å². The third-order valence-electron chi connectivity index (χ3n) is 2.24. The van der Waals surface area contributed by atoms with Crippen molar-refractivity contribution in [2.45, 2.75) is 33.6 Å². The van der Waals surface area contributed by atoms with E-state index in [-0.39, 0.29) is 0 Å². The first-order valence-corrected chi connectivity index (χ1v) is 8.50. The monoisotopic (exact) mass is 264 g/mol. The van der Waals surface area contributed by atoms with Gasteiger partial charge in [0.05, 0.1) is 6.17 Å². The molecule has 0 radical (unpaired) electrons. The average molecular weight is 264 g/mol. The Hall–Kier alpha value is 0.0169. The van der Waals surface area contributed by atoms with E-state index in [0.717, 1.165) is 25.9 Å². The zero-order valence-corrected chi connectivity index (χ0v) is 12.5. The Morgan fingerprint density at radius 3 is 1.88 bits per heavy atom. The fraction of sp³-hybridized carbons (Fsp3) is 1.00. The van der Waals surface area contributed by atoms with Crippen molar-refractivity contribution in [3.63, 3.8) is 0 Å². The van der Waals surface area contributed by atoms with E-state index in [2.05, 4.69) is 5.32 Å². The summed E-state index contributed by atoms with van der Waals surface area (Å²) in [5.41, 5.74) is 5.45. The van der Waals surface area contributed by atoms with E-state index in [9.17, 15) is 0 Å². The number of hydrogen-bond donors (Lipinski definition) is 2. The maximum absolute atomic E-state index is 5.72. The minimum absolute atomic E-state index is 0.622. The van der Waals surface area contributed by atoms with Gasteiger partial charge in [-0.3, -0.25) is 0 Å². The van der Waals surface area contributed by atoms with Gasteiger partial charge in [-0.15, -0.1) is 0 Å². The molecule has 0 aromatic carbocycles. The molecule has 6 heteroatoms. The van der Waals surface area contributed by atoms with Gasteiger partial charge in [-0.2, -0.15) is 0 Å². The van der Waals surface area contributed by atoms with Crippen LogP contribution in [-0.2, 0) is 13.3 Å². The van der Waals surface area contributed by atoms with Gasteiger partial charge < -0.3 is 24.3 Å². The van der Waals surface area contributed by atoms with Gasteiger partial charge in [0.25, 0.3) is 0 Å². The van der Waals surface area contributed by atoms with Crippen molar-refractivity contribution in [2.24, 2.45) is 5.73 Å². The number of nitrogens with two attached hydrogens (primary N) is 1. The van der Waals surface area contributed by atoms with Crippen LogP contribution in [0.5, 0.6) is 0 Å². The predicted molar refractivity (Wildman–Crippen MR) is 71.8 cm³/mol. The molecule has 0 rings (SSSR count). The quantitative estimate of drug-likeness (QED) is 0.405. The molecule has 0 aromatic heterocycles. The van der Waals surface area contributed by atoms with Crippen LogP contribution < -0.4 is 11.1 Å². The molecule has 0 aliphatic rings. The molecule has 0 amide bonds. The Labute approximate surface area is 106 Å². The van der Waals surface area contributed by atoms with Gasteiger partial charge in [0, 0.05) is 19.8 Å². The summed E-state index contributed by atoms with van der Waals surface area (Å²) in [5.74, 6) is 0. The standard InChI is InChI=1S/C11H28N2O3Si/c1-4-14-17(15-5-2,16-6-3)11-13-10-8-7-9-12/h13H,4-12H2,1-3H3. The Morgan fingerprint density at radius 2 is 1.47 bits per heavy atom. The Morgan fingerprint density at radius 1 is 0.941 bits per heavy atom. The second-order valence-corrected chi connectivity index (χ2v) is 6.24. The molecular formula is C11H28N2O3Si. The molecular weight excluding hydrogens is 236 g/mol. The Balaban J connectivity index is 4.05. The number of hydrogen-bond acceptors (Lipinski definition) is 5. The van der Waals surface area contributed by atoms with Gasteiger partial charge >= 0.3 is 8.80 Å². The summed E-state index contributed by atoms with van der Waals surface area (Å²) in [4.78, 5) is 0. The minimum Gasteiger partial charge on any atom is -0.373 e. The van der Waals surface area contributed by atoms with Gasteiger partial charge in [0.2, 0.25) is 0 Å². The summed E-state index contributed by atoms with van der Waals surface area (Å²) >= 11 is 0. The normalized spacial score (nSPS) is 12.0. The van der Waals surface area contributed by atoms with E-state index in [1.165, 1.54) is 0 Å². The third kappa shape index (κ3) is 7.85. The summed E-state index contributed by atoms with van der Waals surface area (Å²) in [6, 6.07) is 0. The summed E-state index contributed by atoms with van der Waals surface area (Å²) in [5, 5.41) is 3.35. The van der Waals surface area contributed by atoms with Gasteiger partial charge in [0.1, 0.15) is 0 Å². The van der Waals surface area contributed by atoms with Crippen molar-refractivity contribution in [1.82, 2.24) is 5.32 Å². The topological polar surface area (TPSA) is 65.7 Å². The van der Waals surface area contributed by atoms with Crippen LogP contribution in [0.3, 0.4) is 0 Å². The van der Waals surface area contributed by atoms with Crippen molar-refractivity contribution < 1.29 is 13.3 Å². The van der Waals surface area contributed by atoms with E-state index >= 15 is 0 Å². The summed E-state index contributed by atoms with van der Waals surface area (Å²) in [7, 11) is -2.50. The van der Waals surface area contributed by atoms with E-state index < -0.39 is 8.80 Å². The zero-order chi connectivity index (χ0) is 13.0. The SMILES string of the molecule is CCO[Si](CNCCCCN)(OCC)OCC. The molecule has 0 saturated carbocycles. The van der Waals surface area contributed by atoms with Crippen LogP contribution in [0.1, 0.15) is 33.6 Å². The van der Waals surface area contributed by atoms with Crippen LogP contribution in [0, 0.1) is 0 Å². The zero-order valence-electron chi connectivity index (χ0n) is 11.5. The predicted octanol–water partition coefficient (Wildman–Crippen LogP) is 0.903. The number of rotatable bonds is 12. The second-order valence-electron chi connectivity index (χ2n) is 3.65. The highest BCUT2D eigenvalue weighted by Crippen LogP contribution is 2.08. The van der Waals surface area contributed by atoms with E-state index in [4.69, 9.17) is 19.0 Å². The van der Waals surface area contributed by atoms with Crippen molar-refractivity contribution in [2.75, 3.05) is 39.1 Å². The van der Waals surface area contributed by atoms with E-state index in [1.54, 1.807) is 0 Å². The molecule has 0 bridgehead atoms. The van der Waals surface area contributed by atoms with Crippen molar-refractivity contribution >= 4 is 8.80 Å². The molecule has 3 N–H and O–H groups in total. The van der Waals surface area contributed by atoms with E-state index in [0.29, 0.717) is 26.0 Å².